The zero-order valence-electron chi connectivity index (χ0n) is 14.0. The summed E-state index contributed by atoms with van der Waals surface area (Å²) in [6, 6.07) is 2.08. The molecule has 1 aromatic rings. The highest BCUT2D eigenvalue weighted by Crippen LogP contribution is 2.39. The van der Waals surface area contributed by atoms with Crippen LogP contribution in [-0.4, -0.2) is 38.9 Å². The maximum Gasteiger partial charge on any atom is 0.243 e. The molecule has 1 atom stereocenters. The molecule has 1 spiro atoms. The number of rotatable bonds is 2. The first-order valence-electron chi connectivity index (χ1n) is 8.05. The quantitative estimate of drug-likeness (QED) is 0.909. The molecule has 2 aliphatic rings. The van der Waals surface area contributed by atoms with Gasteiger partial charge in [-0.05, 0) is 74.8 Å². The summed E-state index contributed by atoms with van der Waals surface area (Å²) in [5.41, 5.74) is 4.06. The summed E-state index contributed by atoms with van der Waals surface area (Å²) in [5, 5.41) is 3.39. The van der Waals surface area contributed by atoms with Crippen LogP contribution in [0.25, 0.3) is 0 Å². The number of sulfonamides is 1. The molecule has 4 nitrogen and oxygen atoms in total. The number of benzene rings is 1. The van der Waals surface area contributed by atoms with Crippen molar-refractivity contribution < 1.29 is 8.42 Å². The zero-order chi connectivity index (χ0) is 16.1. The highest BCUT2D eigenvalue weighted by molar-refractivity contribution is 7.89. The predicted octanol–water partition coefficient (Wildman–Crippen LogP) is 2.29. The van der Waals surface area contributed by atoms with Crippen molar-refractivity contribution in [3.8, 4) is 0 Å². The standard InChI is InChI=1S/C17H26N2O2S/c1-12-9-13(2)15(4)16(14(12)3)22(20,21)19-8-6-17(11-19)5-7-18-10-17/h9,18H,5-8,10-11H2,1-4H3. The molecule has 0 radical (unpaired) electrons. The van der Waals surface area contributed by atoms with E-state index in [0.29, 0.717) is 18.0 Å². The average Bonchev–Trinajstić information content (AvgIpc) is 3.08. The SMILES string of the molecule is Cc1cc(C)c(C)c(S(=O)(=O)N2CCC3(CCNC3)C2)c1C. The predicted molar refractivity (Wildman–Crippen MR) is 88.7 cm³/mol. The third-order valence-corrected chi connectivity index (χ3v) is 7.75. The molecule has 0 saturated carbocycles. The van der Waals surface area contributed by atoms with Crippen molar-refractivity contribution in [1.29, 1.82) is 0 Å². The number of nitrogens with zero attached hydrogens (tertiary/aromatic N) is 1. The van der Waals surface area contributed by atoms with Crippen LogP contribution in [0.3, 0.4) is 0 Å². The molecule has 122 valence electrons. The highest BCUT2D eigenvalue weighted by atomic mass is 32.2. The Morgan fingerprint density at radius 2 is 1.73 bits per heavy atom. The van der Waals surface area contributed by atoms with Gasteiger partial charge in [0, 0.05) is 19.6 Å². The van der Waals surface area contributed by atoms with Crippen molar-refractivity contribution in [3.05, 3.63) is 28.3 Å². The normalized spacial score (nSPS) is 26.2. The van der Waals surface area contributed by atoms with Crippen molar-refractivity contribution in [1.82, 2.24) is 9.62 Å². The fraction of sp³-hybridized carbons (Fsp3) is 0.647. The molecule has 0 aliphatic carbocycles. The van der Waals surface area contributed by atoms with Crippen molar-refractivity contribution in [3.63, 3.8) is 0 Å². The molecule has 0 aromatic heterocycles. The van der Waals surface area contributed by atoms with Crippen LogP contribution in [0.4, 0.5) is 0 Å². The van der Waals surface area contributed by atoms with Crippen LogP contribution >= 0.6 is 0 Å². The lowest BCUT2D eigenvalue weighted by molar-refractivity contribution is 0.338. The third kappa shape index (κ3) is 2.39. The van der Waals surface area contributed by atoms with E-state index in [2.05, 4.69) is 11.4 Å². The fourth-order valence-electron chi connectivity index (χ4n) is 3.94. The second-order valence-corrected chi connectivity index (χ2v) is 8.98. The zero-order valence-corrected chi connectivity index (χ0v) is 14.8. The van der Waals surface area contributed by atoms with Crippen LogP contribution in [-0.2, 0) is 10.0 Å². The Kier molecular flexibility index (Phi) is 3.86. The number of nitrogens with one attached hydrogen (secondary N) is 1. The molecule has 2 heterocycles. The Balaban J connectivity index is 2.01. The lowest BCUT2D eigenvalue weighted by Crippen LogP contribution is -2.34. The average molecular weight is 322 g/mol. The van der Waals surface area contributed by atoms with Gasteiger partial charge in [0.2, 0.25) is 10.0 Å². The molecule has 2 saturated heterocycles. The van der Waals surface area contributed by atoms with E-state index in [1.165, 1.54) is 0 Å². The maximum absolute atomic E-state index is 13.2. The van der Waals surface area contributed by atoms with Crippen molar-refractivity contribution in [2.45, 2.75) is 45.4 Å². The first-order chi connectivity index (χ1) is 10.3. The summed E-state index contributed by atoms with van der Waals surface area (Å²) < 4.78 is 28.2. The molecule has 1 aromatic carbocycles. The molecule has 0 amide bonds. The van der Waals surface area contributed by atoms with Crippen LogP contribution in [0.5, 0.6) is 0 Å². The van der Waals surface area contributed by atoms with Crippen LogP contribution < -0.4 is 5.32 Å². The van der Waals surface area contributed by atoms with Crippen LogP contribution in [0.2, 0.25) is 0 Å². The van der Waals surface area contributed by atoms with Crippen molar-refractivity contribution >= 4 is 10.0 Å². The smallest absolute Gasteiger partial charge is 0.243 e. The summed E-state index contributed by atoms with van der Waals surface area (Å²) in [5.74, 6) is 0. The van der Waals surface area contributed by atoms with Crippen LogP contribution in [0, 0.1) is 33.1 Å². The second-order valence-electron chi connectivity index (χ2n) is 7.10. The molecule has 1 N–H and O–H groups in total. The molecule has 22 heavy (non-hydrogen) atoms. The fourth-order valence-corrected chi connectivity index (χ4v) is 6.07. The van der Waals surface area contributed by atoms with Gasteiger partial charge in [-0.25, -0.2) is 8.42 Å². The minimum atomic E-state index is -3.40. The minimum absolute atomic E-state index is 0.160. The van der Waals surface area contributed by atoms with E-state index >= 15 is 0 Å². The summed E-state index contributed by atoms with van der Waals surface area (Å²) in [6.07, 6.45) is 2.06. The van der Waals surface area contributed by atoms with Gasteiger partial charge in [-0.2, -0.15) is 4.31 Å². The van der Waals surface area contributed by atoms with Crippen molar-refractivity contribution in [2.24, 2.45) is 5.41 Å². The molecular weight excluding hydrogens is 296 g/mol. The van der Waals surface area contributed by atoms with Gasteiger partial charge in [-0.15, -0.1) is 0 Å². The summed E-state index contributed by atoms with van der Waals surface area (Å²) >= 11 is 0. The van der Waals surface area contributed by atoms with Crippen LogP contribution in [0.1, 0.15) is 35.1 Å². The van der Waals surface area contributed by atoms with E-state index in [4.69, 9.17) is 0 Å². The third-order valence-electron chi connectivity index (χ3n) is 5.63. The summed E-state index contributed by atoms with van der Waals surface area (Å²) in [7, 11) is -3.40. The van der Waals surface area contributed by atoms with E-state index in [0.717, 1.165) is 48.2 Å². The van der Waals surface area contributed by atoms with Gasteiger partial charge >= 0.3 is 0 Å². The van der Waals surface area contributed by atoms with E-state index in [1.807, 2.05) is 27.7 Å². The maximum atomic E-state index is 13.2. The van der Waals surface area contributed by atoms with E-state index in [9.17, 15) is 8.42 Å². The molecular formula is C17H26N2O2S. The lowest BCUT2D eigenvalue weighted by atomic mass is 9.87. The van der Waals surface area contributed by atoms with E-state index in [-0.39, 0.29) is 5.41 Å². The van der Waals surface area contributed by atoms with Gasteiger partial charge in [0.25, 0.3) is 0 Å². The van der Waals surface area contributed by atoms with Gasteiger partial charge in [0.05, 0.1) is 4.90 Å². The Hall–Kier alpha value is -0.910. The first kappa shape index (κ1) is 16.0. The monoisotopic (exact) mass is 322 g/mol. The highest BCUT2D eigenvalue weighted by Gasteiger charge is 2.45. The Morgan fingerprint density at radius 3 is 2.27 bits per heavy atom. The number of hydrogen-bond acceptors (Lipinski definition) is 3. The van der Waals surface area contributed by atoms with Crippen LogP contribution in [0.15, 0.2) is 11.0 Å². The molecule has 5 heteroatoms. The summed E-state index contributed by atoms with van der Waals surface area (Å²) in [4.78, 5) is 0.535. The van der Waals surface area contributed by atoms with Gasteiger partial charge < -0.3 is 5.32 Å². The molecule has 0 bridgehead atoms. The molecule has 3 rings (SSSR count). The van der Waals surface area contributed by atoms with Gasteiger partial charge in [0.1, 0.15) is 0 Å². The molecule has 2 fully saturated rings. The van der Waals surface area contributed by atoms with Gasteiger partial charge in [-0.3, -0.25) is 0 Å². The van der Waals surface area contributed by atoms with Crippen molar-refractivity contribution in [2.75, 3.05) is 26.2 Å². The minimum Gasteiger partial charge on any atom is -0.316 e. The van der Waals surface area contributed by atoms with E-state index in [1.54, 1.807) is 4.31 Å². The van der Waals surface area contributed by atoms with E-state index < -0.39 is 10.0 Å². The second kappa shape index (κ2) is 5.32. The Labute approximate surface area is 134 Å². The first-order valence-corrected chi connectivity index (χ1v) is 9.49. The number of aryl methyl sites for hydroxylation is 2. The molecule has 1 unspecified atom stereocenters. The van der Waals surface area contributed by atoms with Gasteiger partial charge in [0.15, 0.2) is 0 Å². The molecule has 2 aliphatic heterocycles. The summed E-state index contributed by atoms with van der Waals surface area (Å²) in [6.45, 7) is 11.1. The topological polar surface area (TPSA) is 49.4 Å². The largest absolute Gasteiger partial charge is 0.316 e. The van der Waals surface area contributed by atoms with Gasteiger partial charge in [-0.1, -0.05) is 6.07 Å². The lowest BCUT2D eigenvalue weighted by Gasteiger charge is -2.24. The number of hydrogen-bond donors (Lipinski definition) is 1. The Morgan fingerprint density at radius 1 is 1.09 bits per heavy atom. The Bertz CT molecular complexity index is 678.